The number of rotatable bonds is 5. The summed E-state index contributed by atoms with van der Waals surface area (Å²) in [6, 6.07) is 11.7. The second-order valence-corrected chi connectivity index (χ2v) is 6.05. The Balaban J connectivity index is 1.38. The molecule has 0 bridgehead atoms. The molecule has 0 fully saturated rings. The van der Waals surface area contributed by atoms with Crippen LogP contribution in [0.15, 0.2) is 55.0 Å². The van der Waals surface area contributed by atoms with Crippen LogP contribution in [-0.4, -0.2) is 34.0 Å². The lowest BCUT2D eigenvalue weighted by atomic mass is 10.1. The van der Waals surface area contributed by atoms with Crippen molar-refractivity contribution < 1.29 is 9.47 Å². The number of para-hydroxylation sites is 2. The van der Waals surface area contributed by atoms with Crippen LogP contribution in [0.25, 0.3) is 11.3 Å². The number of ether oxygens (including phenoxy) is 2. The minimum Gasteiger partial charge on any atom is -0.486 e. The number of benzene rings is 1. The molecule has 0 saturated carbocycles. The molecule has 4 rings (SSSR count). The maximum Gasteiger partial charge on any atom is 0.161 e. The quantitative estimate of drug-likeness (QED) is 0.775. The lowest BCUT2D eigenvalue weighted by molar-refractivity contribution is 0.0902. The van der Waals surface area contributed by atoms with Crippen LogP contribution in [0.2, 0.25) is 0 Å². The summed E-state index contributed by atoms with van der Waals surface area (Å²) in [5.74, 6) is 1.61. The zero-order valence-corrected chi connectivity index (χ0v) is 14.1. The number of hydrogen-bond donors (Lipinski definition) is 1. The predicted octanol–water partition coefficient (Wildman–Crippen LogP) is 2.41. The van der Waals surface area contributed by atoms with Gasteiger partial charge in [0.25, 0.3) is 0 Å². The van der Waals surface area contributed by atoms with Crippen molar-refractivity contribution in [2.75, 3.05) is 13.2 Å². The first-order chi connectivity index (χ1) is 12.3. The summed E-state index contributed by atoms with van der Waals surface area (Å²) < 4.78 is 13.5. The average molecular weight is 336 g/mol. The van der Waals surface area contributed by atoms with Crippen molar-refractivity contribution in [3.63, 3.8) is 0 Å². The molecule has 1 atom stereocenters. The van der Waals surface area contributed by atoms with E-state index < -0.39 is 0 Å². The second kappa shape index (κ2) is 6.94. The molecule has 0 amide bonds. The third kappa shape index (κ3) is 3.49. The first-order valence-corrected chi connectivity index (χ1v) is 8.32. The van der Waals surface area contributed by atoms with Crippen LogP contribution >= 0.6 is 0 Å². The van der Waals surface area contributed by atoms with Crippen LogP contribution in [0.4, 0.5) is 0 Å². The van der Waals surface area contributed by atoms with Gasteiger partial charge in [0.2, 0.25) is 0 Å². The Labute approximate surface area is 146 Å². The molecule has 1 N–H and O–H groups in total. The van der Waals surface area contributed by atoms with Gasteiger partial charge >= 0.3 is 0 Å². The fourth-order valence-corrected chi connectivity index (χ4v) is 2.94. The van der Waals surface area contributed by atoms with E-state index in [1.807, 2.05) is 60.5 Å². The number of nitrogens with one attached hydrogen (secondary N) is 1. The van der Waals surface area contributed by atoms with Crippen LogP contribution in [-0.2, 0) is 13.6 Å². The summed E-state index contributed by atoms with van der Waals surface area (Å²) in [6.45, 7) is 1.96. The molecule has 6 heteroatoms. The van der Waals surface area contributed by atoms with Gasteiger partial charge in [-0.3, -0.25) is 9.67 Å². The smallest absolute Gasteiger partial charge is 0.161 e. The summed E-state index contributed by atoms with van der Waals surface area (Å²) in [7, 11) is 1.93. The van der Waals surface area contributed by atoms with Gasteiger partial charge in [0.05, 0.1) is 5.69 Å². The Morgan fingerprint density at radius 1 is 1.20 bits per heavy atom. The van der Waals surface area contributed by atoms with Gasteiger partial charge in [0.15, 0.2) is 11.5 Å². The van der Waals surface area contributed by atoms with E-state index in [9.17, 15) is 0 Å². The monoisotopic (exact) mass is 336 g/mol. The number of pyridine rings is 1. The molecule has 1 aliphatic heterocycles. The van der Waals surface area contributed by atoms with Crippen LogP contribution in [0.3, 0.4) is 0 Å². The Morgan fingerprint density at radius 3 is 2.92 bits per heavy atom. The molecule has 3 aromatic rings. The zero-order chi connectivity index (χ0) is 17.1. The first-order valence-electron chi connectivity index (χ1n) is 8.32. The molecule has 0 radical (unpaired) electrons. The summed E-state index contributed by atoms with van der Waals surface area (Å²) >= 11 is 0. The first kappa shape index (κ1) is 15.7. The van der Waals surface area contributed by atoms with Gasteiger partial charge < -0.3 is 14.8 Å². The fraction of sp³-hybridized carbons (Fsp3) is 0.263. The minimum atomic E-state index is -0.00610. The molecule has 25 heavy (non-hydrogen) atoms. The van der Waals surface area contributed by atoms with Crippen molar-refractivity contribution in [3.05, 3.63) is 60.6 Å². The molecule has 0 spiro atoms. The third-order valence-electron chi connectivity index (χ3n) is 4.09. The number of aryl methyl sites for hydroxylation is 1. The third-order valence-corrected chi connectivity index (χ3v) is 4.09. The summed E-state index contributed by atoms with van der Waals surface area (Å²) in [4.78, 5) is 4.18. The fourth-order valence-electron chi connectivity index (χ4n) is 2.94. The van der Waals surface area contributed by atoms with Crippen molar-refractivity contribution in [2.24, 2.45) is 7.05 Å². The zero-order valence-electron chi connectivity index (χ0n) is 14.1. The van der Waals surface area contributed by atoms with Gasteiger partial charge in [-0.15, -0.1) is 0 Å². The molecule has 1 aromatic carbocycles. The normalized spacial score (nSPS) is 16.0. The molecule has 6 nitrogen and oxygen atoms in total. The highest BCUT2D eigenvalue weighted by atomic mass is 16.6. The van der Waals surface area contributed by atoms with Crippen molar-refractivity contribution in [2.45, 2.75) is 12.6 Å². The van der Waals surface area contributed by atoms with Gasteiger partial charge in [-0.2, -0.15) is 5.10 Å². The highest BCUT2D eigenvalue weighted by Crippen LogP contribution is 2.30. The summed E-state index contributed by atoms with van der Waals surface area (Å²) in [6.07, 6.45) is 5.63. The maximum atomic E-state index is 5.97. The molecule has 0 aliphatic carbocycles. The van der Waals surface area contributed by atoms with Gasteiger partial charge in [-0.25, -0.2) is 0 Å². The predicted molar refractivity (Wildman–Crippen MR) is 94.5 cm³/mol. The number of nitrogens with zero attached hydrogens (tertiary/aromatic N) is 3. The van der Waals surface area contributed by atoms with Gasteiger partial charge in [-0.1, -0.05) is 12.1 Å². The van der Waals surface area contributed by atoms with E-state index in [2.05, 4.69) is 15.4 Å². The SMILES string of the molecule is Cn1cc(CNC[C@H]2COc3ccccc3O2)c(-c2cccnc2)n1. The Hall–Kier alpha value is -2.86. The van der Waals surface area contributed by atoms with Crippen LogP contribution < -0.4 is 14.8 Å². The minimum absolute atomic E-state index is 0.00610. The number of fused-ring (bicyclic) bond motifs is 1. The number of aromatic nitrogens is 3. The van der Waals surface area contributed by atoms with Crippen molar-refractivity contribution in [1.29, 1.82) is 0 Å². The second-order valence-electron chi connectivity index (χ2n) is 6.05. The average Bonchev–Trinajstić information content (AvgIpc) is 3.03. The highest BCUT2D eigenvalue weighted by Gasteiger charge is 2.20. The summed E-state index contributed by atoms with van der Waals surface area (Å²) in [5, 5.41) is 8.00. The summed E-state index contributed by atoms with van der Waals surface area (Å²) in [5.41, 5.74) is 3.10. The van der Waals surface area contributed by atoms with Crippen LogP contribution in [0.5, 0.6) is 11.5 Å². The van der Waals surface area contributed by atoms with Crippen LogP contribution in [0.1, 0.15) is 5.56 Å². The molecule has 3 heterocycles. The molecular weight excluding hydrogens is 316 g/mol. The lowest BCUT2D eigenvalue weighted by Crippen LogP contribution is -2.38. The topological polar surface area (TPSA) is 61.2 Å². The molecule has 128 valence electrons. The highest BCUT2D eigenvalue weighted by molar-refractivity contribution is 5.61. The standard InChI is InChI=1S/C19H20N4O2/c1-23-12-15(19(22-23)14-5-4-8-20-9-14)10-21-11-16-13-24-17-6-2-3-7-18(17)25-16/h2-9,12,16,21H,10-11,13H2,1H3/t16-/m0/s1. The Morgan fingerprint density at radius 2 is 2.08 bits per heavy atom. The van der Waals surface area contributed by atoms with E-state index in [1.165, 1.54) is 0 Å². The van der Waals surface area contributed by atoms with Crippen molar-refractivity contribution in [1.82, 2.24) is 20.1 Å². The van der Waals surface area contributed by atoms with E-state index in [-0.39, 0.29) is 6.10 Å². The van der Waals surface area contributed by atoms with E-state index in [0.29, 0.717) is 19.7 Å². The maximum absolute atomic E-state index is 5.97. The van der Waals surface area contributed by atoms with Gasteiger partial charge in [0, 0.05) is 49.9 Å². The van der Waals surface area contributed by atoms with Gasteiger partial charge in [-0.05, 0) is 24.3 Å². The van der Waals surface area contributed by atoms with E-state index in [4.69, 9.17) is 9.47 Å². The van der Waals surface area contributed by atoms with E-state index in [0.717, 1.165) is 28.3 Å². The van der Waals surface area contributed by atoms with E-state index in [1.54, 1.807) is 6.20 Å². The Kier molecular flexibility index (Phi) is 4.35. The Bertz CT molecular complexity index is 848. The molecule has 2 aromatic heterocycles. The molecular formula is C19H20N4O2. The molecule has 1 aliphatic rings. The van der Waals surface area contributed by atoms with E-state index >= 15 is 0 Å². The largest absolute Gasteiger partial charge is 0.486 e. The lowest BCUT2D eigenvalue weighted by Gasteiger charge is -2.26. The van der Waals surface area contributed by atoms with Crippen molar-refractivity contribution in [3.8, 4) is 22.8 Å². The molecule has 0 unspecified atom stereocenters. The number of hydrogen-bond acceptors (Lipinski definition) is 5. The molecule has 0 saturated heterocycles. The van der Waals surface area contributed by atoms with Crippen molar-refractivity contribution >= 4 is 0 Å². The van der Waals surface area contributed by atoms with Crippen LogP contribution in [0, 0.1) is 0 Å². The van der Waals surface area contributed by atoms with Gasteiger partial charge in [0.1, 0.15) is 12.7 Å².